The Labute approximate surface area is 114 Å². The van der Waals surface area contributed by atoms with Gasteiger partial charge in [0, 0.05) is 6.42 Å². The lowest BCUT2D eigenvalue weighted by Gasteiger charge is -2.41. The molecule has 0 radical (unpaired) electrons. The van der Waals surface area contributed by atoms with Gasteiger partial charge in [-0.05, 0) is 42.7 Å². The van der Waals surface area contributed by atoms with Crippen LogP contribution >= 0.6 is 0 Å². The normalized spacial score (nSPS) is 31.2. The fraction of sp³-hybridized carbons (Fsp3) is 0.625. The molecule has 3 atom stereocenters. The first-order valence-electron chi connectivity index (χ1n) is 7.00. The van der Waals surface area contributed by atoms with Gasteiger partial charge in [0.2, 0.25) is 0 Å². The zero-order valence-electron chi connectivity index (χ0n) is 11.9. The summed E-state index contributed by atoms with van der Waals surface area (Å²) in [5, 5.41) is 10.8. The van der Waals surface area contributed by atoms with Crippen LogP contribution in [0.5, 0.6) is 5.75 Å². The predicted molar refractivity (Wildman–Crippen MR) is 73.8 cm³/mol. The average molecular weight is 266 g/mol. The van der Waals surface area contributed by atoms with Gasteiger partial charge in [0.15, 0.2) is 11.6 Å². The lowest BCUT2D eigenvalue weighted by atomic mass is 9.70. The number of aliphatic hydroxyl groups is 1. The highest BCUT2D eigenvalue weighted by Crippen LogP contribution is 2.39. The maximum atomic E-state index is 14.2. The van der Waals surface area contributed by atoms with Crippen molar-refractivity contribution in [3.8, 4) is 5.75 Å². The molecule has 0 amide bonds. The summed E-state index contributed by atoms with van der Waals surface area (Å²) in [6, 6.07) is 5.12. The zero-order valence-corrected chi connectivity index (χ0v) is 11.9. The van der Waals surface area contributed by atoms with E-state index in [0.29, 0.717) is 17.9 Å². The first kappa shape index (κ1) is 14.3. The summed E-state index contributed by atoms with van der Waals surface area (Å²) in [6.07, 6.45) is 3.12. The van der Waals surface area contributed by atoms with E-state index in [-0.39, 0.29) is 17.5 Å². The van der Waals surface area contributed by atoms with Crippen LogP contribution in [0, 0.1) is 17.7 Å². The van der Waals surface area contributed by atoms with Gasteiger partial charge in [0.1, 0.15) is 0 Å². The molecule has 0 heterocycles. The lowest BCUT2D eigenvalue weighted by Crippen LogP contribution is -2.43. The SMILES string of the molecule is COc1cccc(CC2(O)CCC(C)CC2C)c1F. The van der Waals surface area contributed by atoms with Gasteiger partial charge in [-0.15, -0.1) is 0 Å². The molecule has 0 saturated heterocycles. The van der Waals surface area contributed by atoms with Crippen molar-refractivity contribution in [1.82, 2.24) is 0 Å². The minimum atomic E-state index is -0.792. The van der Waals surface area contributed by atoms with Gasteiger partial charge < -0.3 is 9.84 Å². The summed E-state index contributed by atoms with van der Waals surface area (Å²) in [7, 11) is 1.46. The Balaban J connectivity index is 2.20. The molecule has 0 bridgehead atoms. The molecule has 2 nitrogen and oxygen atoms in total. The highest BCUT2D eigenvalue weighted by Gasteiger charge is 2.39. The monoisotopic (exact) mass is 266 g/mol. The number of hydrogen-bond acceptors (Lipinski definition) is 2. The summed E-state index contributed by atoms with van der Waals surface area (Å²) in [5.74, 6) is 0.745. The fourth-order valence-electron chi connectivity index (χ4n) is 3.13. The third kappa shape index (κ3) is 2.92. The van der Waals surface area contributed by atoms with Gasteiger partial charge in [-0.2, -0.15) is 0 Å². The molecule has 1 N–H and O–H groups in total. The summed E-state index contributed by atoms with van der Waals surface area (Å²) in [5.41, 5.74) is -0.247. The Kier molecular flexibility index (Phi) is 4.14. The third-order valence-corrected chi connectivity index (χ3v) is 4.50. The molecule has 2 rings (SSSR count). The second kappa shape index (κ2) is 5.49. The van der Waals surface area contributed by atoms with E-state index in [1.54, 1.807) is 18.2 Å². The number of hydrogen-bond donors (Lipinski definition) is 1. The van der Waals surface area contributed by atoms with Crippen LogP contribution in [0.1, 0.15) is 38.7 Å². The second-order valence-corrected chi connectivity index (χ2v) is 5.99. The van der Waals surface area contributed by atoms with E-state index in [2.05, 4.69) is 13.8 Å². The van der Waals surface area contributed by atoms with Crippen LogP contribution in [0.25, 0.3) is 0 Å². The van der Waals surface area contributed by atoms with Crippen molar-refractivity contribution in [2.45, 2.75) is 45.1 Å². The number of ether oxygens (including phenoxy) is 1. The van der Waals surface area contributed by atoms with Gasteiger partial charge in [-0.25, -0.2) is 4.39 Å². The molecular formula is C16H23FO2. The molecule has 3 heteroatoms. The number of halogens is 1. The minimum absolute atomic E-state index is 0.196. The maximum Gasteiger partial charge on any atom is 0.168 e. The van der Waals surface area contributed by atoms with Gasteiger partial charge in [-0.3, -0.25) is 0 Å². The smallest absolute Gasteiger partial charge is 0.168 e. The fourth-order valence-corrected chi connectivity index (χ4v) is 3.13. The Morgan fingerprint density at radius 2 is 2.16 bits per heavy atom. The van der Waals surface area contributed by atoms with Crippen LogP contribution in [0.3, 0.4) is 0 Å². The van der Waals surface area contributed by atoms with E-state index in [1.807, 2.05) is 0 Å². The standard InChI is InChI=1S/C16H23FO2/c1-11-7-8-16(18,12(2)9-11)10-13-5-4-6-14(19-3)15(13)17/h4-6,11-12,18H,7-10H2,1-3H3. The van der Waals surface area contributed by atoms with Crippen molar-refractivity contribution < 1.29 is 14.2 Å². The van der Waals surface area contributed by atoms with Crippen LogP contribution in [0.4, 0.5) is 4.39 Å². The molecule has 19 heavy (non-hydrogen) atoms. The molecule has 3 unspecified atom stereocenters. The van der Waals surface area contributed by atoms with E-state index in [9.17, 15) is 9.50 Å². The van der Waals surface area contributed by atoms with Gasteiger partial charge in [0.25, 0.3) is 0 Å². The Morgan fingerprint density at radius 1 is 1.42 bits per heavy atom. The Bertz CT molecular complexity index is 446. The molecule has 0 aliphatic heterocycles. The van der Waals surface area contributed by atoms with Gasteiger partial charge >= 0.3 is 0 Å². The van der Waals surface area contributed by atoms with E-state index < -0.39 is 5.60 Å². The van der Waals surface area contributed by atoms with E-state index in [0.717, 1.165) is 19.3 Å². The molecule has 0 aromatic heterocycles. The van der Waals surface area contributed by atoms with Crippen LogP contribution in [-0.2, 0) is 6.42 Å². The molecule has 1 aliphatic rings. The summed E-state index contributed by atoms with van der Waals surface area (Å²) in [6.45, 7) is 4.27. The Hall–Kier alpha value is -1.09. The van der Waals surface area contributed by atoms with E-state index >= 15 is 0 Å². The molecule has 1 aromatic carbocycles. The van der Waals surface area contributed by atoms with Crippen LogP contribution in [-0.4, -0.2) is 17.8 Å². The summed E-state index contributed by atoms with van der Waals surface area (Å²) >= 11 is 0. The predicted octanol–water partition coefficient (Wildman–Crippen LogP) is 3.56. The number of rotatable bonds is 3. The molecule has 1 aromatic rings. The van der Waals surface area contributed by atoms with Crippen LogP contribution < -0.4 is 4.74 Å². The van der Waals surface area contributed by atoms with Gasteiger partial charge in [-0.1, -0.05) is 26.0 Å². The highest BCUT2D eigenvalue weighted by molar-refractivity contribution is 5.32. The first-order valence-corrected chi connectivity index (χ1v) is 7.00. The quantitative estimate of drug-likeness (QED) is 0.906. The van der Waals surface area contributed by atoms with Crippen LogP contribution in [0.2, 0.25) is 0 Å². The van der Waals surface area contributed by atoms with Crippen molar-refractivity contribution in [3.63, 3.8) is 0 Å². The topological polar surface area (TPSA) is 29.5 Å². The maximum absolute atomic E-state index is 14.2. The largest absolute Gasteiger partial charge is 0.494 e. The van der Waals surface area contributed by atoms with Crippen molar-refractivity contribution in [1.29, 1.82) is 0 Å². The Morgan fingerprint density at radius 3 is 2.79 bits per heavy atom. The van der Waals surface area contributed by atoms with Crippen molar-refractivity contribution in [2.24, 2.45) is 11.8 Å². The first-order chi connectivity index (χ1) is 8.96. The highest BCUT2D eigenvalue weighted by atomic mass is 19.1. The molecule has 1 fully saturated rings. The molecule has 1 aliphatic carbocycles. The van der Waals surface area contributed by atoms with E-state index in [4.69, 9.17) is 4.74 Å². The minimum Gasteiger partial charge on any atom is -0.494 e. The average Bonchev–Trinajstić information content (AvgIpc) is 2.37. The van der Waals surface area contributed by atoms with E-state index in [1.165, 1.54) is 7.11 Å². The number of benzene rings is 1. The summed E-state index contributed by atoms with van der Waals surface area (Å²) in [4.78, 5) is 0. The van der Waals surface area contributed by atoms with Gasteiger partial charge in [0.05, 0.1) is 12.7 Å². The van der Waals surface area contributed by atoms with Crippen molar-refractivity contribution >= 4 is 0 Å². The molecule has 1 saturated carbocycles. The zero-order chi connectivity index (χ0) is 14.0. The third-order valence-electron chi connectivity index (χ3n) is 4.50. The summed E-state index contributed by atoms with van der Waals surface area (Å²) < 4.78 is 19.2. The van der Waals surface area contributed by atoms with Crippen molar-refractivity contribution in [3.05, 3.63) is 29.6 Å². The molecule has 0 spiro atoms. The van der Waals surface area contributed by atoms with Crippen molar-refractivity contribution in [2.75, 3.05) is 7.11 Å². The molecule has 106 valence electrons. The second-order valence-electron chi connectivity index (χ2n) is 5.99. The lowest BCUT2D eigenvalue weighted by molar-refractivity contribution is -0.0527. The van der Waals surface area contributed by atoms with Crippen LogP contribution in [0.15, 0.2) is 18.2 Å². The molecular weight excluding hydrogens is 243 g/mol. The number of methoxy groups -OCH3 is 1.